The molecule has 2 aromatic carbocycles. The van der Waals surface area contributed by atoms with E-state index in [-0.39, 0.29) is 29.0 Å². The van der Waals surface area contributed by atoms with Gasteiger partial charge in [-0.1, -0.05) is 50.2 Å². The van der Waals surface area contributed by atoms with Crippen molar-refractivity contribution < 1.29 is 9.18 Å². The highest BCUT2D eigenvalue weighted by molar-refractivity contribution is 5.86. The fourth-order valence-corrected chi connectivity index (χ4v) is 4.35. The molecule has 1 saturated carbocycles. The normalized spacial score (nSPS) is 20.0. The molecule has 4 nitrogen and oxygen atoms in total. The Bertz CT molecular complexity index is 1040. The number of imidazole rings is 1. The predicted octanol–water partition coefficient (Wildman–Crippen LogP) is 5.39. The molecule has 0 bridgehead atoms. The molecule has 0 spiro atoms. The van der Waals surface area contributed by atoms with Crippen molar-refractivity contribution in [2.75, 3.05) is 5.32 Å². The molecule has 5 heteroatoms. The van der Waals surface area contributed by atoms with Gasteiger partial charge in [0.1, 0.15) is 5.82 Å². The largest absolute Gasteiger partial charge is 0.328 e. The van der Waals surface area contributed by atoms with Crippen molar-refractivity contribution in [2.24, 2.45) is 5.41 Å². The van der Waals surface area contributed by atoms with Crippen molar-refractivity contribution in [3.63, 3.8) is 0 Å². The first kappa shape index (κ1) is 18.4. The minimum Gasteiger partial charge on any atom is -0.328 e. The zero-order chi connectivity index (χ0) is 20.1. The van der Waals surface area contributed by atoms with E-state index < -0.39 is 0 Å². The van der Waals surface area contributed by atoms with Gasteiger partial charge in [-0.25, -0.2) is 9.37 Å². The molecule has 1 aromatic heterocycles. The quantitative estimate of drug-likeness (QED) is 0.640. The molecule has 2 N–H and O–H groups in total. The third-order valence-electron chi connectivity index (χ3n) is 5.77. The second-order valence-electron chi connectivity index (χ2n) is 8.16. The van der Waals surface area contributed by atoms with E-state index in [1.165, 1.54) is 6.92 Å². The molecule has 0 aliphatic heterocycles. The molecule has 1 fully saturated rings. The topological polar surface area (TPSA) is 57.8 Å². The molecule has 1 amide bonds. The molecule has 4 rings (SSSR count). The fourth-order valence-electron chi connectivity index (χ4n) is 4.35. The lowest BCUT2D eigenvalue weighted by Crippen LogP contribution is -2.07. The average Bonchev–Trinajstić information content (AvgIpc) is 3.03. The van der Waals surface area contributed by atoms with Crippen LogP contribution < -0.4 is 5.32 Å². The highest BCUT2D eigenvalue weighted by Crippen LogP contribution is 2.70. The van der Waals surface area contributed by atoms with Crippen molar-refractivity contribution >= 4 is 11.9 Å². The first-order valence-corrected chi connectivity index (χ1v) is 9.48. The Balaban J connectivity index is 1.69. The number of anilines is 1. The summed E-state index contributed by atoms with van der Waals surface area (Å²) in [5.41, 5.74) is 4.52. The highest BCUT2D eigenvalue weighted by Gasteiger charge is 2.60. The summed E-state index contributed by atoms with van der Waals surface area (Å²) in [7, 11) is 0. The van der Waals surface area contributed by atoms with Gasteiger partial charge in [0, 0.05) is 24.1 Å². The van der Waals surface area contributed by atoms with Gasteiger partial charge in [0.2, 0.25) is 11.9 Å². The SMILES string of the molecule is CC(=O)Nc1nc(C2C(c3ccc(F)c(-c4ccccc4)c3)C2(C)C)c(C)[nH]1. The standard InChI is InChI=1S/C23H24FN3O/c1-13-21(27-22(25-13)26-14(2)28)20-19(23(20,3)4)16-10-11-18(24)17(12-16)15-8-6-5-7-9-15/h5-12,19-20H,1-4H3,(H2,25,26,27,28). The van der Waals surface area contributed by atoms with Gasteiger partial charge in [-0.2, -0.15) is 0 Å². The summed E-state index contributed by atoms with van der Waals surface area (Å²) in [6, 6.07) is 15.0. The molecule has 144 valence electrons. The predicted molar refractivity (Wildman–Crippen MR) is 109 cm³/mol. The Hall–Kier alpha value is -2.95. The number of nitrogens with one attached hydrogen (secondary N) is 2. The molecule has 3 aromatic rings. The first-order chi connectivity index (χ1) is 13.3. The number of H-pyrrole nitrogens is 1. The molecule has 28 heavy (non-hydrogen) atoms. The molecule has 2 atom stereocenters. The summed E-state index contributed by atoms with van der Waals surface area (Å²) in [6.07, 6.45) is 0. The smallest absolute Gasteiger partial charge is 0.223 e. The maximum Gasteiger partial charge on any atom is 0.223 e. The van der Waals surface area contributed by atoms with Gasteiger partial charge in [0.25, 0.3) is 0 Å². The number of aryl methyl sites for hydroxylation is 1. The van der Waals surface area contributed by atoms with Crippen LogP contribution in [0.25, 0.3) is 11.1 Å². The number of aromatic nitrogens is 2. The second-order valence-corrected chi connectivity index (χ2v) is 8.16. The monoisotopic (exact) mass is 377 g/mol. The van der Waals surface area contributed by atoms with Crippen molar-refractivity contribution in [2.45, 2.75) is 39.5 Å². The maximum absolute atomic E-state index is 14.5. The van der Waals surface area contributed by atoms with E-state index in [1.54, 1.807) is 6.07 Å². The van der Waals surface area contributed by atoms with Gasteiger partial charge in [-0.15, -0.1) is 0 Å². The molecule has 2 unspecified atom stereocenters. The third kappa shape index (κ3) is 3.11. The molecular formula is C23H24FN3O. The highest BCUT2D eigenvalue weighted by atomic mass is 19.1. The molecule has 0 saturated heterocycles. The van der Waals surface area contributed by atoms with Crippen molar-refractivity contribution in [3.05, 3.63) is 71.3 Å². The van der Waals surface area contributed by atoms with Crippen LogP contribution in [0.1, 0.15) is 49.6 Å². The minimum absolute atomic E-state index is 0.000760. The molecular weight excluding hydrogens is 353 g/mol. The number of carbonyl (C=O) groups is 1. The first-order valence-electron chi connectivity index (χ1n) is 9.48. The molecule has 1 aliphatic rings. The van der Waals surface area contributed by atoms with Crippen LogP contribution in [0.2, 0.25) is 0 Å². The van der Waals surface area contributed by atoms with Crippen LogP contribution in [0.15, 0.2) is 48.5 Å². The van der Waals surface area contributed by atoms with Crippen molar-refractivity contribution in [3.8, 4) is 11.1 Å². The number of carbonyl (C=O) groups excluding carboxylic acids is 1. The van der Waals surface area contributed by atoms with Crippen LogP contribution in [0.5, 0.6) is 0 Å². The molecule has 1 aliphatic carbocycles. The number of nitrogens with zero attached hydrogens (tertiary/aromatic N) is 1. The summed E-state index contributed by atoms with van der Waals surface area (Å²) in [4.78, 5) is 19.1. The lowest BCUT2D eigenvalue weighted by molar-refractivity contribution is -0.114. The summed E-state index contributed by atoms with van der Waals surface area (Å²) in [6.45, 7) is 7.85. The lowest BCUT2D eigenvalue weighted by Gasteiger charge is -2.08. The number of hydrogen-bond acceptors (Lipinski definition) is 2. The summed E-state index contributed by atoms with van der Waals surface area (Å²) < 4.78 is 14.5. The zero-order valence-electron chi connectivity index (χ0n) is 16.5. The number of hydrogen-bond donors (Lipinski definition) is 2. The fraction of sp³-hybridized carbons (Fsp3) is 0.304. The van der Waals surface area contributed by atoms with Gasteiger partial charge in [0.15, 0.2) is 0 Å². The number of rotatable bonds is 4. The Morgan fingerprint density at radius 2 is 1.86 bits per heavy atom. The summed E-state index contributed by atoms with van der Waals surface area (Å²) in [5.74, 6) is 0.556. The van der Waals surface area contributed by atoms with E-state index in [0.29, 0.717) is 11.5 Å². The maximum atomic E-state index is 14.5. The number of benzene rings is 2. The second kappa shape index (κ2) is 6.59. The van der Waals surface area contributed by atoms with Crippen LogP contribution in [-0.2, 0) is 4.79 Å². The molecule has 1 heterocycles. The number of amides is 1. The summed E-state index contributed by atoms with van der Waals surface area (Å²) in [5, 5.41) is 2.71. The van der Waals surface area contributed by atoms with E-state index >= 15 is 0 Å². The average molecular weight is 377 g/mol. The van der Waals surface area contributed by atoms with Gasteiger partial charge in [-0.05, 0) is 41.5 Å². The molecule has 0 radical (unpaired) electrons. The van der Waals surface area contributed by atoms with Crippen molar-refractivity contribution in [1.82, 2.24) is 9.97 Å². The van der Waals surface area contributed by atoms with E-state index in [4.69, 9.17) is 0 Å². The van der Waals surface area contributed by atoms with E-state index in [0.717, 1.165) is 22.5 Å². The van der Waals surface area contributed by atoms with Crippen LogP contribution in [-0.4, -0.2) is 15.9 Å². The Morgan fingerprint density at radius 3 is 2.54 bits per heavy atom. The third-order valence-corrected chi connectivity index (χ3v) is 5.77. The van der Waals surface area contributed by atoms with Crippen LogP contribution in [0.4, 0.5) is 10.3 Å². The lowest BCUT2D eigenvalue weighted by atomic mass is 9.97. The van der Waals surface area contributed by atoms with Gasteiger partial charge in [0.05, 0.1) is 5.69 Å². The van der Waals surface area contributed by atoms with E-state index in [2.05, 4.69) is 29.1 Å². The Kier molecular flexibility index (Phi) is 4.33. The van der Waals surface area contributed by atoms with E-state index in [1.807, 2.05) is 49.4 Å². The van der Waals surface area contributed by atoms with Gasteiger partial charge >= 0.3 is 0 Å². The summed E-state index contributed by atoms with van der Waals surface area (Å²) >= 11 is 0. The Morgan fingerprint density at radius 1 is 1.14 bits per heavy atom. The van der Waals surface area contributed by atoms with Gasteiger partial charge in [-0.3, -0.25) is 10.1 Å². The van der Waals surface area contributed by atoms with Crippen LogP contribution in [0, 0.1) is 18.2 Å². The van der Waals surface area contributed by atoms with Gasteiger partial charge < -0.3 is 4.98 Å². The Labute approximate surface area is 164 Å². The number of aromatic amines is 1. The number of halogens is 1. The van der Waals surface area contributed by atoms with E-state index in [9.17, 15) is 9.18 Å². The van der Waals surface area contributed by atoms with Crippen LogP contribution in [0.3, 0.4) is 0 Å². The van der Waals surface area contributed by atoms with Crippen molar-refractivity contribution in [1.29, 1.82) is 0 Å². The van der Waals surface area contributed by atoms with Crippen LogP contribution >= 0.6 is 0 Å². The zero-order valence-corrected chi connectivity index (χ0v) is 16.5. The minimum atomic E-state index is -0.214.